The van der Waals surface area contributed by atoms with Crippen molar-refractivity contribution in [3.63, 3.8) is 0 Å². The van der Waals surface area contributed by atoms with Gasteiger partial charge < -0.3 is 9.64 Å². The van der Waals surface area contributed by atoms with Gasteiger partial charge in [0.15, 0.2) is 6.61 Å². The number of sulfonamides is 1. The molecule has 1 fully saturated rings. The second-order valence-corrected chi connectivity index (χ2v) is 8.45. The third kappa shape index (κ3) is 5.17. The molecule has 25 heavy (non-hydrogen) atoms. The second kappa shape index (κ2) is 7.72. The third-order valence-electron chi connectivity index (χ3n) is 4.02. The summed E-state index contributed by atoms with van der Waals surface area (Å²) in [5.74, 6) is -0.283. The van der Waals surface area contributed by atoms with Crippen LogP contribution in [0.3, 0.4) is 0 Å². The van der Waals surface area contributed by atoms with Crippen LogP contribution in [0.15, 0.2) is 23.1 Å². The first-order chi connectivity index (χ1) is 11.6. The molecule has 0 unspecified atom stereocenters. The van der Waals surface area contributed by atoms with Gasteiger partial charge in [-0.2, -0.15) is 0 Å². The van der Waals surface area contributed by atoms with Crippen LogP contribution in [0, 0.1) is 11.8 Å². The summed E-state index contributed by atoms with van der Waals surface area (Å²) in [6.45, 7) is 5.02. The van der Waals surface area contributed by atoms with Crippen molar-refractivity contribution in [2.24, 2.45) is 17.0 Å². The van der Waals surface area contributed by atoms with Crippen LogP contribution in [-0.4, -0.2) is 44.9 Å². The zero-order valence-electron chi connectivity index (χ0n) is 14.1. The first-order valence-electron chi connectivity index (χ1n) is 7.85. The topological polar surface area (TPSA) is 107 Å². The van der Waals surface area contributed by atoms with Gasteiger partial charge in [-0.1, -0.05) is 25.4 Å². The number of carbonyl (C=O) groups is 2. The zero-order valence-corrected chi connectivity index (χ0v) is 15.6. The molecule has 1 aliphatic rings. The minimum Gasteiger partial charge on any atom is -0.452 e. The number of nitrogens with two attached hydrogens (primary N) is 1. The van der Waals surface area contributed by atoms with Crippen molar-refractivity contribution in [2.45, 2.75) is 25.2 Å². The summed E-state index contributed by atoms with van der Waals surface area (Å²) < 4.78 is 27.9. The summed E-state index contributed by atoms with van der Waals surface area (Å²) in [4.78, 5) is 25.6. The molecule has 7 nitrogen and oxygen atoms in total. The van der Waals surface area contributed by atoms with E-state index >= 15 is 0 Å². The van der Waals surface area contributed by atoms with Crippen LogP contribution < -0.4 is 5.14 Å². The molecular formula is C16H21ClN2O5S. The Kier molecular flexibility index (Phi) is 6.08. The molecule has 0 bridgehead atoms. The SMILES string of the molecule is C[C@@H]1C[C@H](C)CN(C(=O)COC(=O)c2ccc(Cl)c(S(N)(=O)=O)c2)C1. The van der Waals surface area contributed by atoms with Crippen molar-refractivity contribution >= 4 is 33.5 Å². The molecule has 1 aliphatic heterocycles. The molecule has 9 heteroatoms. The molecule has 0 saturated carbocycles. The summed E-state index contributed by atoms with van der Waals surface area (Å²) in [5, 5.41) is 4.96. The number of benzene rings is 1. The number of nitrogens with zero attached hydrogens (tertiary/aromatic N) is 1. The Hall–Kier alpha value is -1.64. The highest BCUT2D eigenvalue weighted by molar-refractivity contribution is 7.89. The molecule has 0 radical (unpaired) electrons. The quantitative estimate of drug-likeness (QED) is 0.789. The Labute approximate surface area is 152 Å². The third-order valence-corrected chi connectivity index (χ3v) is 5.41. The predicted molar refractivity (Wildman–Crippen MR) is 92.6 cm³/mol. The van der Waals surface area contributed by atoms with Crippen molar-refractivity contribution in [1.82, 2.24) is 4.90 Å². The fourth-order valence-corrected chi connectivity index (χ4v) is 4.09. The van der Waals surface area contributed by atoms with Gasteiger partial charge in [0, 0.05) is 13.1 Å². The lowest BCUT2D eigenvalue weighted by molar-refractivity contribution is -0.137. The summed E-state index contributed by atoms with van der Waals surface area (Å²) in [6, 6.07) is 3.60. The molecule has 2 rings (SSSR count). The number of primary sulfonamides is 1. The fourth-order valence-electron chi connectivity index (χ4n) is 3.02. The van der Waals surface area contributed by atoms with Crippen LogP contribution in [0.2, 0.25) is 5.02 Å². The number of esters is 1. The number of rotatable bonds is 4. The highest BCUT2D eigenvalue weighted by Gasteiger charge is 2.26. The van der Waals surface area contributed by atoms with Crippen molar-refractivity contribution in [1.29, 1.82) is 0 Å². The molecule has 1 aromatic carbocycles. The van der Waals surface area contributed by atoms with Crippen LogP contribution in [0.5, 0.6) is 0 Å². The Bertz CT molecular complexity index is 771. The summed E-state index contributed by atoms with van der Waals surface area (Å²) in [7, 11) is -4.07. The smallest absolute Gasteiger partial charge is 0.338 e. The lowest BCUT2D eigenvalue weighted by Crippen LogP contribution is -2.44. The van der Waals surface area contributed by atoms with Crippen LogP contribution >= 0.6 is 11.6 Å². The lowest BCUT2D eigenvalue weighted by Gasteiger charge is -2.34. The van der Waals surface area contributed by atoms with Crippen LogP contribution in [0.1, 0.15) is 30.6 Å². The molecule has 0 aliphatic carbocycles. The van der Waals surface area contributed by atoms with E-state index in [0.29, 0.717) is 24.9 Å². The van der Waals surface area contributed by atoms with Gasteiger partial charge in [0.1, 0.15) is 4.90 Å². The Morgan fingerprint density at radius 2 is 1.88 bits per heavy atom. The van der Waals surface area contributed by atoms with E-state index < -0.39 is 22.6 Å². The number of ether oxygens (including phenoxy) is 1. The first-order valence-corrected chi connectivity index (χ1v) is 9.77. The average Bonchev–Trinajstić information content (AvgIpc) is 2.50. The average molecular weight is 389 g/mol. The van der Waals surface area contributed by atoms with Crippen molar-refractivity contribution in [3.8, 4) is 0 Å². The van der Waals surface area contributed by atoms with Crippen molar-refractivity contribution in [2.75, 3.05) is 19.7 Å². The number of hydrogen-bond donors (Lipinski definition) is 1. The van der Waals surface area contributed by atoms with Gasteiger partial charge in [0.25, 0.3) is 5.91 Å². The molecule has 2 atom stereocenters. The number of amides is 1. The highest BCUT2D eigenvalue weighted by Crippen LogP contribution is 2.23. The van der Waals surface area contributed by atoms with Gasteiger partial charge in [-0.15, -0.1) is 0 Å². The Morgan fingerprint density at radius 3 is 2.44 bits per heavy atom. The molecule has 138 valence electrons. The van der Waals surface area contributed by atoms with Crippen LogP contribution in [-0.2, 0) is 19.6 Å². The minimum atomic E-state index is -4.07. The number of halogens is 1. The molecule has 1 aromatic rings. The van der Waals surface area contributed by atoms with E-state index in [0.717, 1.165) is 12.5 Å². The molecule has 1 amide bonds. The van der Waals surface area contributed by atoms with Gasteiger partial charge in [-0.25, -0.2) is 18.4 Å². The maximum atomic E-state index is 12.2. The Balaban J connectivity index is 2.02. The minimum absolute atomic E-state index is 0.0402. The molecule has 0 aromatic heterocycles. The normalized spacial score (nSPS) is 21.0. The van der Waals surface area contributed by atoms with E-state index in [1.807, 2.05) is 0 Å². The van der Waals surface area contributed by atoms with Crippen molar-refractivity contribution in [3.05, 3.63) is 28.8 Å². The monoisotopic (exact) mass is 388 g/mol. The lowest BCUT2D eigenvalue weighted by atomic mass is 9.92. The number of carbonyl (C=O) groups excluding carboxylic acids is 2. The summed E-state index contributed by atoms with van der Waals surface area (Å²) in [5.41, 5.74) is -0.0402. The van der Waals surface area contributed by atoms with E-state index in [1.54, 1.807) is 4.90 Å². The molecule has 0 spiro atoms. The van der Waals surface area contributed by atoms with Crippen LogP contribution in [0.4, 0.5) is 0 Å². The maximum Gasteiger partial charge on any atom is 0.338 e. The summed E-state index contributed by atoms with van der Waals surface area (Å²) >= 11 is 5.77. The Morgan fingerprint density at radius 1 is 1.28 bits per heavy atom. The number of piperidine rings is 1. The largest absolute Gasteiger partial charge is 0.452 e. The van der Waals surface area contributed by atoms with Gasteiger partial charge >= 0.3 is 5.97 Å². The maximum absolute atomic E-state index is 12.2. The number of likely N-dealkylation sites (tertiary alicyclic amines) is 1. The van der Waals surface area contributed by atoms with Crippen molar-refractivity contribution < 1.29 is 22.7 Å². The van der Waals surface area contributed by atoms with E-state index in [9.17, 15) is 18.0 Å². The van der Waals surface area contributed by atoms with Crippen LogP contribution in [0.25, 0.3) is 0 Å². The van der Waals surface area contributed by atoms with Gasteiger partial charge in [0.2, 0.25) is 10.0 Å². The fraction of sp³-hybridized carbons (Fsp3) is 0.500. The van der Waals surface area contributed by atoms with Gasteiger partial charge in [-0.3, -0.25) is 4.79 Å². The van der Waals surface area contributed by atoms with E-state index in [4.69, 9.17) is 21.5 Å². The molecule has 2 N–H and O–H groups in total. The standard InChI is InChI=1S/C16H21ClN2O5S/c1-10-5-11(2)8-19(7-10)15(20)9-24-16(21)12-3-4-13(17)14(6-12)25(18,22)23/h3-4,6,10-11H,5,7-9H2,1-2H3,(H2,18,22,23)/t10-,11+. The molecular weight excluding hydrogens is 368 g/mol. The van der Waals surface area contributed by atoms with E-state index in [-0.39, 0.29) is 21.4 Å². The predicted octanol–water partition coefficient (Wildman–Crippen LogP) is 1.65. The zero-order chi connectivity index (χ0) is 18.8. The molecule has 1 heterocycles. The second-order valence-electron chi connectivity index (χ2n) is 6.51. The number of hydrogen-bond acceptors (Lipinski definition) is 5. The van der Waals surface area contributed by atoms with Gasteiger partial charge in [0.05, 0.1) is 10.6 Å². The summed E-state index contributed by atoms with van der Waals surface area (Å²) in [6.07, 6.45) is 1.06. The molecule has 1 saturated heterocycles. The van der Waals surface area contributed by atoms with Gasteiger partial charge in [-0.05, 0) is 36.5 Å². The first kappa shape index (κ1) is 19.7. The van der Waals surface area contributed by atoms with E-state index in [1.165, 1.54) is 12.1 Å². The van der Waals surface area contributed by atoms with E-state index in [2.05, 4.69) is 13.8 Å². The highest BCUT2D eigenvalue weighted by atomic mass is 35.5.